The fourth-order valence-corrected chi connectivity index (χ4v) is 2.62. The molecule has 2 unspecified atom stereocenters. The van der Waals surface area contributed by atoms with Gasteiger partial charge in [-0.2, -0.15) is 0 Å². The van der Waals surface area contributed by atoms with Gasteiger partial charge >= 0.3 is 0 Å². The van der Waals surface area contributed by atoms with Crippen molar-refractivity contribution >= 4 is 11.7 Å². The van der Waals surface area contributed by atoms with Crippen molar-refractivity contribution < 1.29 is 4.79 Å². The minimum atomic E-state index is 0.0693. The molecule has 0 bridgehead atoms. The van der Waals surface area contributed by atoms with Gasteiger partial charge in [0.2, 0.25) is 5.91 Å². The zero-order valence-corrected chi connectivity index (χ0v) is 11.8. The number of anilines is 1. The largest absolute Gasteiger partial charge is 0.316 e. The molecular formula is C15H23N3O. The first-order valence-corrected chi connectivity index (χ1v) is 7.09. The number of piperidine rings is 1. The second-order valence-corrected chi connectivity index (χ2v) is 5.50. The van der Waals surface area contributed by atoms with Gasteiger partial charge in [-0.25, -0.2) is 4.98 Å². The van der Waals surface area contributed by atoms with E-state index in [1.165, 1.54) is 12.8 Å². The number of carbonyl (C=O) groups excluding carboxylic acids is 1. The Balaban J connectivity index is 1.85. The highest BCUT2D eigenvalue weighted by molar-refractivity contribution is 5.90. The third-order valence-electron chi connectivity index (χ3n) is 3.91. The predicted octanol–water partition coefficient (Wildman–Crippen LogP) is 2.35. The van der Waals surface area contributed by atoms with Gasteiger partial charge in [-0.15, -0.1) is 0 Å². The minimum absolute atomic E-state index is 0.0693. The molecule has 0 saturated carbocycles. The Hall–Kier alpha value is -1.42. The van der Waals surface area contributed by atoms with Crippen LogP contribution < -0.4 is 10.6 Å². The van der Waals surface area contributed by atoms with Gasteiger partial charge in [0.25, 0.3) is 0 Å². The van der Waals surface area contributed by atoms with Gasteiger partial charge in [-0.3, -0.25) is 4.79 Å². The molecule has 2 heterocycles. The smallest absolute Gasteiger partial charge is 0.225 e. The van der Waals surface area contributed by atoms with Crippen LogP contribution >= 0.6 is 0 Å². The average Bonchev–Trinajstić information content (AvgIpc) is 2.42. The van der Waals surface area contributed by atoms with Crippen LogP contribution in [0, 0.1) is 18.8 Å². The van der Waals surface area contributed by atoms with Gasteiger partial charge in [-0.05, 0) is 56.3 Å². The normalized spacial score (nSPS) is 20.8. The van der Waals surface area contributed by atoms with Crippen LogP contribution in [0.2, 0.25) is 0 Å². The van der Waals surface area contributed by atoms with E-state index in [4.69, 9.17) is 0 Å². The van der Waals surface area contributed by atoms with Gasteiger partial charge in [0.15, 0.2) is 0 Å². The monoisotopic (exact) mass is 261 g/mol. The first-order chi connectivity index (χ1) is 9.16. The van der Waals surface area contributed by atoms with Crippen LogP contribution in [-0.4, -0.2) is 24.0 Å². The molecule has 0 aliphatic carbocycles. The number of amides is 1. The lowest BCUT2D eigenvalue weighted by atomic mass is 9.85. The van der Waals surface area contributed by atoms with Gasteiger partial charge < -0.3 is 10.6 Å². The number of rotatable bonds is 4. The van der Waals surface area contributed by atoms with Crippen molar-refractivity contribution in [1.82, 2.24) is 10.3 Å². The Morgan fingerprint density at radius 3 is 3.16 bits per heavy atom. The van der Waals surface area contributed by atoms with E-state index in [0.717, 1.165) is 18.7 Å². The Morgan fingerprint density at radius 2 is 2.47 bits per heavy atom. The lowest BCUT2D eigenvalue weighted by Crippen LogP contribution is -2.34. The second-order valence-electron chi connectivity index (χ2n) is 5.50. The number of aryl methyl sites for hydroxylation is 1. The average molecular weight is 261 g/mol. The standard InChI is InChI=1S/C15H23N3O/c1-11-5-3-8-17-15(11)18-14(19)9-12(2)13-6-4-7-16-10-13/h3,5,8,12-13,16H,4,6-7,9-10H2,1-2H3,(H,17,18,19). The van der Waals surface area contributed by atoms with Crippen molar-refractivity contribution in [3.63, 3.8) is 0 Å². The zero-order chi connectivity index (χ0) is 13.7. The molecule has 1 amide bonds. The molecule has 2 N–H and O–H groups in total. The summed E-state index contributed by atoms with van der Waals surface area (Å²) in [6.45, 7) is 6.28. The quantitative estimate of drug-likeness (QED) is 0.874. The summed E-state index contributed by atoms with van der Waals surface area (Å²) in [6, 6.07) is 3.83. The Labute approximate surface area is 115 Å². The maximum absolute atomic E-state index is 12.0. The van der Waals surface area contributed by atoms with Crippen molar-refractivity contribution in [3.8, 4) is 0 Å². The highest BCUT2D eigenvalue weighted by Gasteiger charge is 2.22. The molecule has 104 valence electrons. The van der Waals surface area contributed by atoms with Crippen molar-refractivity contribution in [1.29, 1.82) is 0 Å². The Morgan fingerprint density at radius 1 is 1.63 bits per heavy atom. The molecule has 1 aliphatic heterocycles. The van der Waals surface area contributed by atoms with Crippen LogP contribution in [0.4, 0.5) is 5.82 Å². The molecule has 1 aromatic heterocycles. The summed E-state index contributed by atoms with van der Waals surface area (Å²) in [5, 5.41) is 6.31. The van der Waals surface area contributed by atoms with Crippen molar-refractivity contribution in [2.45, 2.75) is 33.1 Å². The lowest BCUT2D eigenvalue weighted by molar-refractivity contribution is -0.117. The van der Waals surface area contributed by atoms with Gasteiger partial charge in [0.1, 0.15) is 5.82 Å². The molecule has 2 rings (SSSR count). The van der Waals surface area contributed by atoms with Gasteiger partial charge in [0.05, 0.1) is 0 Å². The zero-order valence-electron chi connectivity index (χ0n) is 11.8. The molecule has 1 aromatic rings. The molecule has 1 fully saturated rings. The molecule has 2 atom stereocenters. The van der Waals surface area contributed by atoms with Crippen LogP contribution in [0.3, 0.4) is 0 Å². The van der Waals surface area contributed by atoms with Gasteiger partial charge in [0, 0.05) is 12.6 Å². The minimum Gasteiger partial charge on any atom is -0.316 e. The van der Waals surface area contributed by atoms with E-state index in [2.05, 4.69) is 22.5 Å². The lowest BCUT2D eigenvalue weighted by Gasteiger charge is -2.28. The second kappa shape index (κ2) is 6.66. The number of hydrogen-bond donors (Lipinski definition) is 2. The third kappa shape index (κ3) is 4.03. The molecule has 1 aliphatic rings. The van der Waals surface area contributed by atoms with Crippen molar-refractivity contribution in [2.24, 2.45) is 11.8 Å². The maximum atomic E-state index is 12.0. The van der Waals surface area contributed by atoms with Crippen molar-refractivity contribution in [2.75, 3.05) is 18.4 Å². The number of nitrogens with one attached hydrogen (secondary N) is 2. The van der Waals surface area contributed by atoms with E-state index in [9.17, 15) is 4.79 Å². The fourth-order valence-electron chi connectivity index (χ4n) is 2.62. The summed E-state index contributed by atoms with van der Waals surface area (Å²) in [7, 11) is 0. The molecular weight excluding hydrogens is 238 g/mol. The summed E-state index contributed by atoms with van der Waals surface area (Å²) < 4.78 is 0. The van der Waals surface area contributed by atoms with E-state index in [1.807, 2.05) is 19.1 Å². The Kier molecular flexibility index (Phi) is 4.91. The van der Waals surface area contributed by atoms with Gasteiger partial charge in [-0.1, -0.05) is 13.0 Å². The Bertz CT molecular complexity index is 427. The topological polar surface area (TPSA) is 54.0 Å². The number of aromatic nitrogens is 1. The summed E-state index contributed by atoms with van der Waals surface area (Å²) in [4.78, 5) is 16.2. The third-order valence-corrected chi connectivity index (χ3v) is 3.91. The number of nitrogens with zero attached hydrogens (tertiary/aromatic N) is 1. The van der Waals surface area contributed by atoms with Crippen LogP contribution in [-0.2, 0) is 4.79 Å². The highest BCUT2D eigenvalue weighted by Crippen LogP contribution is 2.23. The van der Waals surface area contributed by atoms with E-state index in [0.29, 0.717) is 24.1 Å². The molecule has 0 aromatic carbocycles. The van der Waals surface area contributed by atoms with Crippen molar-refractivity contribution in [3.05, 3.63) is 23.9 Å². The van der Waals surface area contributed by atoms with Crippen LogP contribution in [0.25, 0.3) is 0 Å². The predicted molar refractivity (Wildman–Crippen MR) is 77.0 cm³/mol. The molecule has 4 heteroatoms. The van der Waals surface area contributed by atoms with E-state index < -0.39 is 0 Å². The molecule has 19 heavy (non-hydrogen) atoms. The number of pyridine rings is 1. The fraction of sp³-hybridized carbons (Fsp3) is 0.600. The van der Waals surface area contributed by atoms with E-state index >= 15 is 0 Å². The SMILES string of the molecule is Cc1cccnc1NC(=O)CC(C)C1CCCNC1. The summed E-state index contributed by atoms with van der Waals surface area (Å²) in [5.41, 5.74) is 1.00. The van der Waals surface area contributed by atoms with Crippen LogP contribution in [0.1, 0.15) is 31.7 Å². The number of carbonyl (C=O) groups is 1. The summed E-state index contributed by atoms with van der Waals surface area (Å²) in [6.07, 6.45) is 4.72. The first kappa shape index (κ1) is 14.0. The highest BCUT2D eigenvalue weighted by atomic mass is 16.1. The summed E-state index contributed by atoms with van der Waals surface area (Å²) >= 11 is 0. The number of hydrogen-bond acceptors (Lipinski definition) is 3. The first-order valence-electron chi connectivity index (χ1n) is 7.09. The van der Waals surface area contributed by atoms with Crippen LogP contribution in [0.15, 0.2) is 18.3 Å². The molecule has 4 nitrogen and oxygen atoms in total. The van der Waals surface area contributed by atoms with E-state index in [-0.39, 0.29) is 5.91 Å². The maximum Gasteiger partial charge on any atom is 0.225 e. The molecule has 0 radical (unpaired) electrons. The van der Waals surface area contributed by atoms with E-state index in [1.54, 1.807) is 6.20 Å². The van der Waals surface area contributed by atoms with Crippen LogP contribution in [0.5, 0.6) is 0 Å². The molecule has 0 spiro atoms. The molecule has 1 saturated heterocycles. The summed E-state index contributed by atoms with van der Waals surface area (Å²) in [5.74, 6) is 1.78.